The van der Waals surface area contributed by atoms with Crippen LogP contribution in [0.5, 0.6) is 5.75 Å². The molecule has 0 saturated heterocycles. The van der Waals surface area contributed by atoms with Crippen molar-refractivity contribution in [2.24, 2.45) is 0 Å². The predicted octanol–water partition coefficient (Wildman–Crippen LogP) is 6.09. The maximum absolute atomic E-state index is 12.2. The number of hydrogen-bond donors (Lipinski definition) is 0. The minimum atomic E-state index is -0.457. The summed E-state index contributed by atoms with van der Waals surface area (Å²) in [6.45, 7) is 8.55. The molecular weight excluding hydrogens is 416 g/mol. The van der Waals surface area contributed by atoms with Gasteiger partial charge in [0.15, 0.2) is 0 Å². The first-order chi connectivity index (χ1) is 14.7. The van der Waals surface area contributed by atoms with Gasteiger partial charge in [0.1, 0.15) is 17.9 Å². The van der Waals surface area contributed by atoms with E-state index in [1.165, 1.54) is 11.6 Å². The van der Waals surface area contributed by atoms with Crippen molar-refractivity contribution >= 4 is 28.5 Å². The second-order valence-electron chi connectivity index (χ2n) is 7.97. The van der Waals surface area contributed by atoms with E-state index in [9.17, 15) is 9.59 Å². The number of benzene rings is 2. The number of aryl methyl sites for hydroxylation is 2. The fraction of sp³-hybridized carbons (Fsp3) is 0.360. The van der Waals surface area contributed by atoms with Crippen molar-refractivity contribution in [3.63, 3.8) is 0 Å². The average molecular weight is 443 g/mol. The van der Waals surface area contributed by atoms with Crippen molar-refractivity contribution in [3.8, 4) is 5.75 Å². The van der Waals surface area contributed by atoms with Crippen molar-refractivity contribution in [1.82, 2.24) is 0 Å². The standard InChI is InChI=1S/C25H27ClO5/c1-15(2)20-13-21-18(12-25(28)31-23(21)11-16(20)3)14-30-24(27)6-5-9-29-19-7-8-22(26)17(4)10-19/h7-8,10-13,15H,5-6,9,14H2,1-4H3. The van der Waals surface area contributed by atoms with E-state index >= 15 is 0 Å². The van der Waals surface area contributed by atoms with Crippen molar-refractivity contribution in [2.45, 2.75) is 53.1 Å². The fourth-order valence-corrected chi connectivity index (χ4v) is 3.59. The van der Waals surface area contributed by atoms with E-state index in [1.807, 2.05) is 32.0 Å². The summed E-state index contributed by atoms with van der Waals surface area (Å²) < 4.78 is 16.4. The summed E-state index contributed by atoms with van der Waals surface area (Å²) in [7, 11) is 0. The van der Waals surface area contributed by atoms with E-state index in [0.29, 0.717) is 40.9 Å². The SMILES string of the molecule is Cc1cc(OCCCC(=O)OCc2cc(=O)oc3cc(C)c(C(C)C)cc23)ccc1Cl. The van der Waals surface area contributed by atoms with Gasteiger partial charge in [-0.3, -0.25) is 4.79 Å². The monoisotopic (exact) mass is 442 g/mol. The number of carbonyl (C=O) groups is 1. The quantitative estimate of drug-likeness (QED) is 0.240. The highest BCUT2D eigenvalue weighted by atomic mass is 35.5. The van der Waals surface area contributed by atoms with Crippen LogP contribution in [0.2, 0.25) is 5.02 Å². The highest BCUT2D eigenvalue weighted by molar-refractivity contribution is 6.31. The van der Waals surface area contributed by atoms with Crippen LogP contribution in [0, 0.1) is 13.8 Å². The van der Waals surface area contributed by atoms with Gasteiger partial charge >= 0.3 is 11.6 Å². The Morgan fingerprint density at radius 3 is 2.58 bits per heavy atom. The predicted molar refractivity (Wildman–Crippen MR) is 122 cm³/mol. The van der Waals surface area contributed by atoms with Crippen LogP contribution < -0.4 is 10.4 Å². The third-order valence-electron chi connectivity index (χ3n) is 5.15. The molecule has 0 saturated carbocycles. The van der Waals surface area contributed by atoms with Crippen LogP contribution in [0.25, 0.3) is 11.0 Å². The Hall–Kier alpha value is -2.79. The van der Waals surface area contributed by atoms with Gasteiger partial charge in [-0.15, -0.1) is 0 Å². The van der Waals surface area contributed by atoms with Crippen LogP contribution in [-0.2, 0) is 16.1 Å². The number of halogens is 1. The van der Waals surface area contributed by atoms with E-state index in [4.69, 9.17) is 25.5 Å². The van der Waals surface area contributed by atoms with Crippen LogP contribution in [-0.4, -0.2) is 12.6 Å². The van der Waals surface area contributed by atoms with Gasteiger partial charge in [-0.1, -0.05) is 25.4 Å². The molecule has 1 heterocycles. The van der Waals surface area contributed by atoms with Gasteiger partial charge in [0.25, 0.3) is 0 Å². The molecule has 0 radical (unpaired) electrons. The number of esters is 1. The Kier molecular flexibility index (Phi) is 7.39. The molecule has 5 nitrogen and oxygen atoms in total. The zero-order chi connectivity index (χ0) is 22.5. The maximum atomic E-state index is 12.2. The molecule has 0 N–H and O–H groups in total. The normalized spacial score (nSPS) is 11.2. The minimum Gasteiger partial charge on any atom is -0.494 e. The molecule has 0 aliphatic carbocycles. The Balaban J connectivity index is 1.58. The zero-order valence-electron chi connectivity index (χ0n) is 18.3. The van der Waals surface area contributed by atoms with Crippen molar-refractivity contribution < 1.29 is 18.7 Å². The molecule has 164 valence electrons. The molecule has 1 aromatic heterocycles. The highest BCUT2D eigenvalue weighted by Crippen LogP contribution is 2.27. The summed E-state index contributed by atoms with van der Waals surface area (Å²) >= 11 is 6.00. The Morgan fingerprint density at radius 2 is 1.87 bits per heavy atom. The Morgan fingerprint density at radius 1 is 1.10 bits per heavy atom. The Bertz CT molecular complexity index is 1150. The molecule has 0 aliphatic rings. The molecule has 0 amide bonds. The van der Waals surface area contributed by atoms with Gasteiger partial charge in [-0.05, 0) is 73.2 Å². The minimum absolute atomic E-state index is 0.0266. The van der Waals surface area contributed by atoms with Crippen LogP contribution in [0.4, 0.5) is 0 Å². The number of carbonyl (C=O) groups excluding carboxylic acids is 1. The summed E-state index contributed by atoms with van der Waals surface area (Å²) in [5, 5.41) is 1.48. The fourth-order valence-electron chi connectivity index (χ4n) is 3.48. The molecule has 3 rings (SSSR count). The smallest absolute Gasteiger partial charge is 0.336 e. The molecule has 6 heteroatoms. The van der Waals surface area contributed by atoms with Crippen molar-refractivity contribution in [3.05, 3.63) is 74.1 Å². The van der Waals surface area contributed by atoms with Gasteiger partial charge in [0.05, 0.1) is 6.61 Å². The van der Waals surface area contributed by atoms with Crippen LogP contribution in [0.15, 0.2) is 45.6 Å². The number of fused-ring (bicyclic) bond motifs is 1. The third kappa shape index (κ3) is 5.88. The lowest BCUT2D eigenvalue weighted by molar-refractivity contribution is -0.145. The Labute approximate surface area is 186 Å². The van der Waals surface area contributed by atoms with Crippen LogP contribution >= 0.6 is 11.6 Å². The molecule has 0 bridgehead atoms. The summed E-state index contributed by atoms with van der Waals surface area (Å²) in [6, 6.07) is 10.7. The van der Waals surface area contributed by atoms with E-state index in [-0.39, 0.29) is 19.0 Å². The largest absolute Gasteiger partial charge is 0.494 e. The second-order valence-corrected chi connectivity index (χ2v) is 8.38. The van der Waals surface area contributed by atoms with E-state index < -0.39 is 5.63 Å². The number of hydrogen-bond acceptors (Lipinski definition) is 5. The van der Waals surface area contributed by atoms with Gasteiger partial charge in [-0.2, -0.15) is 0 Å². The first-order valence-corrected chi connectivity index (χ1v) is 10.7. The van der Waals surface area contributed by atoms with E-state index in [0.717, 1.165) is 16.5 Å². The lowest BCUT2D eigenvalue weighted by atomic mass is 9.95. The third-order valence-corrected chi connectivity index (χ3v) is 5.57. The molecule has 3 aromatic rings. The molecule has 0 aliphatic heterocycles. The van der Waals surface area contributed by atoms with Crippen LogP contribution in [0.1, 0.15) is 54.9 Å². The average Bonchev–Trinajstić information content (AvgIpc) is 2.71. The molecule has 0 unspecified atom stereocenters. The van der Waals surface area contributed by atoms with Crippen molar-refractivity contribution in [2.75, 3.05) is 6.61 Å². The van der Waals surface area contributed by atoms with E-state index in [1.54, 1.807) is 12.1 Å². The summed E-state index contributed by atoms with van der Waals surface area (Å²) in [6.07, 6.45) is 0.747. The topological polar surface area (TPSA) is 65.7 Å². The number of ether oxygens (including phenoxy) is 2. The summed E-state index contributed by atoms with van der Waals surface area (Å²) in [5.74, 6) is 0.707. The second kappa shape index (κ2) is 10.0. The molecule has 0 atom stereocenters. The zero-order valence-corrected chi connectivity index (χ0v) is 19.0. The first-order valence-electron chi connectivity index (χ1n) is 10.4. The van der Waals surface area contributed by atoms with E-state index in [2.05, 4.69) is 13.8 Å². The molecular formula is C25H27ClO5. The lowest BCUT2D eigenvalue weighted by Crippen LogP contribution is -2.09. The molecule has 31 heavy (non-hydrogen) atoms. The lowest BCUT2D eigenvalue weighted by Gasteiger charge is -2.13. The van der Waals surface area contributed by atoms with Crippen molar-refractivity contribution in [1.29, 1.82) is 0 Å². The van der Waals surface area contributed by atoms with Gasteiger partial charge in [-0.25, -0.2) is 4.79 Å². The van der Waals surface area contributed by atoms with Gasteiger partial charge < -0.3 is 13.9 Å². The molecule has 2 aromatic carbocycles. The maximum Gasteiger partial charge on any atom is 0.336 e. The highest BCUT2D eigenvalue weighted by Gasteiger charge is 2.13. The molecule has 0 fully saturated rings. The van der Waals surface area contributed by atoms with Gasteiger partial charge in [0, 0.05) is 28.5 Å². The summed E-state index contributed by atoms with van der Waals surface area (Å²) in [5.41, 5.74) is 3.87. The first kappa shape index (κ1) is 22.9. The summed E-state index contributed by atoms with van der Waals surface area (Å²) in [4.78, 5) is 24.1. The van der Waals surface area contributed by atoms with Gasteiger partial charge in [0.2, 0.25) is 0 Å². The number of rotatable bonds is 8. The molecule has 0 spiro atoms. The van der Waals surface area contributed by atoms with Crippen LogP contribution in [0.3, 0.4) is 0 Å².